The molecule has 0 atom stereocenters. The summed E-state index contributed by atoms with van der Waals surface area (Å²) >= 11 is 0. The SMILES string of the molecule is C#CCNNCc1ccccc1C(C)=O. The van der Waals surface area contributed by atoms with Gasteiger partial charge >= 0.3 is 0 Å². The Morgan fingerprint density at radius 3 is 2.80 bits per heavy atom. The minimum atomic E-state index is 0.0735. The van der Waals surface area contributed by atoms with E-state index in [1.165, 1.54) is 0 Å². The van der Waals surface area contributed by atoms with E-state index in [1.807, 2.05) is 24.3 Å². The molecule has 0 radical (unpaired) electrons. The highest BCUT2D eigenvalue weighted by atomic mass is 16.1. The zero-order valence-electron chi connectivity index (χ0n) is 8.71. The van der Waals surface area contributed by atoms with E-state index in [9.17, 15) is 4.79 Å². The molecule has 78 valence electrons. The summed E-state index contributed by atoms with van der Waals surface area (Å²) in [6, 6.07) is 7.50. The molecule has 15 heavy (non-hydrogen) atoms. The third kappa shape index (κ3) is 3.55. The van der Waals surface area contributed by atoms with Crippen LogP contribution in [0.15, 0.2) is 24.3 Å². The second-order valence-corrected chi connectivity index (χ2v) is 3.12. The van der Waals surface area contributed by atoms with Gasteiger partial charge in [0.05, 0.1) is 6.54 Å². The van der Waals surface area contributed by atoms with Crippen LogP contribution < -0.4 is 10.9 Å². The van der Waals surface area contributed by atoms with Crippen LogP contribution in [0.25, 0.3) is 0 Å². The molecule has 0 aliphatic rings. The Hall–Kier alpha value is -1.63. The van der Waals surface area contributed by atoms with Gasteiger partial charge in [-0.3, -0.25) is 10.2 Å². The van der Waals surface area contributed by atoms with Crippen molar-refractivity contribution in [1.29, 1.82) is 0 Å². The van der Waals surface area contributed by atoms with Gasteiger partial charge < -0.3 is 0 Å². The number of carbonyl (C=O) groups is 1. The zero-order chi connectivity index (χ0) is 11.1. The number of hydrogen-bond acceptors (Lipinski definition) is 3. The number of hydrogen-bond donors (Lipinski definition) is 2. The molecule has 0 saturated heterocycles. The van der Waals surface area contributed by atoms with Crippen molar-refractivity contribution in [2.45, 2.75) is 13.5 Å². The van der Waals surface area contributed by atoms with Crippen LogP contribution in [0.3, 0.4) is 0 Å². The fraction of sp³-hybridized carbons (Fsp3) is 0.250. The Labute approximate surface area is 89.9 Å². The summed E-state index contributed by atoms with van der Waals surface area (Å²) in [6.07, 6.45) is 5.08. The molecule has 0 aliphatic carbocycles. The van der Waals surface area contributed by atoms with Gasteiger partial charge in [0.15, 0.2) is 5.78 Å². The molecular weight excluding hydrogens is 188 g/mol. The lowest BCUT2D eigenvalue weighted by Gasteiger charge is -2.07. The lowest BCUT2D eigenvalue weighted by molar-refractivity contribution is 0.101. The van der Waals surface area contributed by atoms with Crippen LogP contribution in [0.4, 0.5) is 0 Å². The van der Waals surface area contributed by atoms with Crippen molar-refractivity contribution in [3.8, 4) is 12.3 Å². The highest BCUT2D eigenvalue weighted by Gasteiger charge is 2.04. The van der Waals surface area contributed by atoms with Crippen LogP contribution in [0.2, 0.25) is 0 Å². The number of Topliss-reactive ketones (excluding diaryl/α,β-unsaturated/α-hetero) is 1. The highest BCUT2D eigenvalue weighted by molar-refractivity contribution is 5.95. The average Bonchev–Trinajstić information content (AvgIpc) is 2.25. The number of ketones is 1. The van der Waals surface area contributed by atoms with Gasteiger partial charge in [-0.15, -0.1) is 6.42 Å². The van der Waals surface area contributed by atoms with Crippen molar-refractivity contribution in [2.75, 3.05) is 6.54 Å². The number of terminal acetylenes is 1. The largest absolute Gasteiger partial charge is 0.295 e. The molecule has 3 nitrogen and oxygen atoms in total. The maximum Gasteiger partial charge on any atom is 0.160 e. The summed E-state index contributed by atoms with van der Waals surface area (Å²) in [7, 11) is 0. The molecule has 3 heteroatoms. The van der Waals surface area contributed by atoms with E-state index in [0.29, 0.717) is 13.1 Å². The lowest BCUT2D eigenvalue weighted by Crippen LogP contribution is -2.31. The van der Waals surface area contributed by atoms with Gasteiger partial charge in [-0.1, -0.05) is 30.2 Å². The minimum absolute atomic E-state index is 0.0735. The van der Waals surface area contributed by atoms with E-state index < -0.39 is 0 Å². The summed E-state index contributed by atoms with van der Waals surface area (Å²) in [4.78, 5) is 11.3. The molecule has 0 aromatic heterocycles. The molecule has 0 bridgehead atoms. The van der Waals surface area contributed by atoms with Gasteiger partial charge in [-0.25, -0.2) is 5.43 Å². The van der Waals surface area contributed by atoms with E-state index >= 15 is 0 Å². The molecular formula is C12H14N2O. The summed E-state index contributed by atoms with van der Waals surface area (Å²) in [5, 5.41) is 0. The van der Waals surface area contributed by atoms with Crippen molar-refractivity contribution in [1.82, 2.24) is 10.9 Å². The van der Waals surface area contributed by atoms with E-state index in [1.54, 1.807) is 6.92 Å². The molecule has 2 N–H and O–H groups in total. The van der Waals surface area contributed by atoms with Gasteiger partial charge in [0.25, 0.3) is 0 Å². The van der Waals surface area contributed by atoms with Gasteiger partial charge in [0, 0.05) is 12.1 Å². The van der Waals surface area contributed by atoms with E-state index in [2.05, 4.69) is 16.8 Å². The first-order chi connectivity index (χ1) is 7.25. The second kappa shape index (κ2) is 5.97. The molecule has 0 unspecified atom stereocenters. The fourth-order valence-corrected chi connectivity index (χ4v) is 1.29. The third-order valence-electron chi connectivity index (χ3n) is 1.99. The molecule has 0 aliphatic heterocycles. The Kier molecular flexibility index (Phi) is 4.55. The fourth-order valence-electron chi connectivity index (χ4n) is 1.29. The molecule has 0 fully saturated rings. The summed E-state index contributed by atoms with van der Waals surface area (Å²) < 4.78 is 0. The van der Waals surface area contributed by atoms with Crippen LogP contribution >= 0.6 is 0 Å². The van der Waals surface area contributed by atoms with Crippen LogP contribution in [-0.4, -0.2) is 12.3 Å². The molecule has 1 aromatic carbocycles. The monoisotopic (exact) mass is 202 g/mol. The van der Waals surface area contributed by atoms with E-state index in [-0.39, 0.29) is 5.78 Å². The molecule has 0 saturated carbocycles. The van der Waals surface area contributed by atoms with Crippen molar-refractivity contribution in [3.63, 3.8) is 0 Å². The van der Waals surface area contributed by atoms with E-state index in [4.69, 9.17) is 6.42 Å². The van der Waals surface area contributed by atoms with Crippen LogP contribution in [0.1, 0.15) is 22.8 Å². The first kappa shape index (κ1) is 11.4. The number of rotatable bonds is 5. The normalized spacial score (nSPS) is 9.60. The maximum absolute atomic E-state index is 11.3. The van der Waals surface area contributed by atoms with Gasteiger partial charge in [0.1, 0.15) is 0 Å². The van der Waals surface area contributed by atoms with Crippen molar-refractivity contribution < 1.29 is 4.79 Å². The summed E-state index contributed by atoms with van der Waals surface area (Å²) in [6.45, 7) is 2.60. The number of nitrogens with one attached hydrogen (secondary N) is 2. The lowest BCUT2D eigenvalue weighted by atomic mass is 10.0. The quantitative estimate of drug-likeness (QED) is 0.325. The van der Waals surface area contributed by atoms with Crippen molar-refractivity contribution >= 4 is 5.78 Å². The Morgan fingerprint density at radius 1 is 1.40 bits per heavy atom. The summed E-state index contributed by atoms with van der Waals surface area (Å²) in [5.74, 6) is 2.52. The molecule has 0 spiro atoms. The number of benzene rings is 1. The Morgan fingerprint density at radius 2 is 2.13 bits per heavy atom. The number of hydrazine groups is 1. The minimum Gasteiger partial charge on any atom is -0.295 e. The Bertz CT molecular complexity index is 379. The topological polar surface area (TPSA) is 41.1 Å². The predicted molar refractivity (Wildman–Crippen MR) is 60.1 cm³/mol. The first-order valence-electron chi connectivity index (χ1n) is 4.73. The molecule has 1 aromatic rings. The predicted octanol–water partition coefficient (Wildman–Crippen LogP) is 1.12. The zero-order valence-corrected chi connectivity index (χ0v) is 8.71. The van der Waals surface area contributed by atoms with Crippen molar-refractivity contribution in [2.24, 2.45) is 0 Å². The molecule has 1 rings (SSSR count). The molecule has 0 amide bonds. The maximum atomic E-state index is 11.3. The van der Waals surface area contributed by atoms with E-state index in [0.717, 1.165) is 11.1 Å². The first-order valence-corrected chi connectivity index (χ1v) is 4.73. The van der Waals surface area contributed by atoms with Gasteiger partial charge in [0.2, 0.25) is 0 Å². The van der Waals surface area contributed by atoms with Gasteiger partial charge in [-0.05, 0) is 12.5 Å². The summed E-state index contributed by atoms with van der Waals surface area (Å²) in [5.41, 5.74) is 7.52. The molecule has 0 heterocycles. The third-order valence-corrected chi connectivity index (χ3v) is 1.99. The van der Waals surface area contributed by atoms with Gasteiger partial charge in [-0.2, -0.15) is 0 Å². The Balaban J connectivity index is 2.60. The number of carbonyl (C=O) groups excluding carboxylic acids is 1. The van der Waals surface area contributed by atoms with Crippen molar-refractivity contribution in [3.05, 3.63) is 35.4 Å². The average molecular weight is 202 g/mol. The van der Waals surface area contributed by atoms with Crippen LogP contribution in [-0.2, 0) is 6.54 Å². The standard InChI is InChI=1S/C12H14N2O/c1-3-8-13-14-9-11-6-4-5-7-12(11)10(2)15/h1,4-7,13-14H,8-9H2,2H3. The smallest absolute Gasteiger partial charge is 0.160 e. The highest BCUT2D eigenvalue weighted by Crippen LogP contribution is 2.08. The van der Waals surface area contributed by atoms with Crippen LogP contribution in [0.5, 0.6) is 0 Å². The van der Waals surface area contributed by atoms with Crippen LogP contribution in [0, 0.1) is 12.3 Å². The second-order valence-electron chi connectivity index (χ2n) is 3.12.